The van der Waals surface area contributed by atoms with Gasteiger partial charge in [0, 0.05) is 49.7 Å². The van der Waals surface area contributed by atoms with E-state index in [2.05, 4.69) is 16.4 Å². The molecule has 3 aromatic rings. The fourth-order valence-electron chi connectivity index (χ4n) is 3.91. The SMILES string of the molecule is CC(C)(C)OC(=O)N1CCC(Oc2ccc(-n3ccc4cc(NCCO)ccc43)nc2)CC1. The molecular weight excluding hydrogens is 420 g/mol. The Labute approximate surface area is 194 Å². The van der Waals surface area contributed by atoms with Gasteiger partial charge >= 0.3 is 6.09 Å². The molecule has 0 aliphatic carbocycles. The molecule has 2 N–H and O–H groups in total. The summed E-state index contributed by atoms with van der Waals surface area (Å²) >= 11 is 0. The maximum atomic E-state index is 12.2. The normalized spacial score (nSPS) is 15.0. The van der Waals surface area contributed by atoms with Gasteiger partial charge in [-0.15, -0.1) is 0 Å². The number of piperidine rings is 1. The molecule has 176 valence electrons. The molecule has 2 aromatic heterocycles. The highest BCUT2D eigenvalue weighted by Gasteiger charge is 2.27. The number of anilines is 1. The molecule has 1 aliphatic rings. The highest BCUT2D eigenvalue weighted by Crippen LogP contribution is 2.25. The quantitative estimate of drug-likeness (QED) is 0.583. The second kappa shape index (κ2) is 9.70. The number of ether oxygens (including phenoxy) is 2. The monoisotopic (exact) mass is 452 g/mol. The summed E-state index contributed by atoms with van der Waals surface area (Å²) < 4.78 is 13.6. The molecule has 8 nitrogen and oxygen atoms in total. The summed E-state index contributed by atoms with van der Waals surface area (Å²) in [5, 5.41) is 13.3. The van der Waals surface area contributed by atoms with Gasteiger partial charge < -0.3 is 29.4 Å². The van der Waals surface area contributed by atoms with Crippen LogP contribution < -0.4 is 10.1 Å². The molecule has 0 spiro atoms. The van der Waals surface area contributed by atoms with Crippen LogP contribution in [0.25, 0.3) is 16.7 Å². The van der Waals surface area contributed by atoms with Crippen LogP contribution in [0.3, 0.4) is 0 Å². The number of hydrogen-bond donors (Lipinski definition) is 2. The first kappa shape index (κ1) is 22.9. The zero-order valence-corrected chi connectivity index (χ0v) is 19.5. The van der Waals surface area contributed by atoms with E-state index in [0.29, 0.717) is 19.6 Å². The lowest BCUT2D eigenvalue weighted by Gasteiger charge is -2.33. The van der Waals surface area contributed by atoms with E-state index in [1.807, 2.05) is 61.9 Å². The van der Waals surface area contributed by atoms with Gasteiger partial charge in [-0.2, -0.15) is 0 Å². The van der Waals surface area contributed by atoms with Gasteiger partial charge in [0.15, 0.2) is 0 Å². The number of fused-ring (bicyclic) bond motifs is 1. The Kier molecular flexibility index (Phi) is 6.74. The van der Waals surface area contributed by atoms with E-state index in [1.54, 1.807) is 11.1 Å². The van der Waals surface area contributed by atoms with Crippen molar-refractivity contribution in [2.24, 2.45) is 0 Å². The van der Waals surface area contributed by atoms with Gasteiger partial charge in [-0.25, -0.2) is 9.78 Å². The Balaban J connectivity index is 1.35. The Hall–Kier alpha value is -3.26. The first-order valence-corrected chi connectivity index (χ1v) is 11.4. The van der Waals surface area contributed by atoms with Crippen molar-refractivity contribution < 1.29 is 19.4 Å². The topological polar surface area (TPSA) is 88.8 Å². The van der Waals surface area contributed by atoms with Crippen LogP contribution in [0, 0.1) is 0 Å². The van der Waals surface area contributed by atoms with Gasteiger partial charge in [-0.3, -0.25) is 0 Å². The average molecular weight is 453 g/mol. The molecule has 0 radical (unpaired) electrons. The van der Waals surface area contributed by atoms with Crippen LogP contribution >= 0.6 is 0 Å². The summed E-state index contributed by atoms with van der Waals surface area (Å²) in [6.45, 7) is 7.49. The maximum Gasteiger partial charge on any atom is 0.410 e. The molecule has 1 aliphatic heterocycles. The predicted octanol–water partition coefficient (Wildman–Crippen LogP) is 4.21. The van der Waals surface area contributed by atoms with Gasteiger partial charge in [0.2, 0.25) is 0 Å². The van der Waals surface area contributed by atoms with Crippen molar-refractivity contribution in [2.75, 3.05) is 31.6 Å². The van der Waals surface area contributed by atoms with Crippen molar-refractivity contribution in [1.82, 2.24) is 14.5 Å². The van der Waals surface area contributed by atoms with Crippen molar-refractivity contribution in [3.05, 3.63) is 48.8 Å². The standard InChI is InChI=1S/C25H32N4O4/c1-25(2,3)33-24(31)28-12-9-20(10-13-28)32-21-5-7-23(27-17-21)29-14-8-18-16-19(26-11-15-30)4-6-22(18)29/h4-8,14,16-17,20,26,30H,9-13,15H2,1-3H3. The number of carbonyl (C=O) groups is 1. The molecular formula is C25H32N4O4. The Bertz CT molecular complexity index is 1080. The van der Waals surface area contributed by atoms with E-state index in [0.717, 1.165) is 41.0 Å². The van der Waals surface area contributed by atoms with Crippen LogP contribution in [0.4, 0.5) is 10.5 Å². The maximum absolute atomic E-state index is 12.2. The van der Waals surface area contributed by atoms with Crippen LogP contribution in [0.15, 0.2) is 48.8 Å². The summed E-state index contributed by atoms with van der Waals surface area (Å²) in [5.41, 5.74) is 1.55. The van der Waals surface area contributed by atoms with Gasteiger partial charge in [0.1, 0.15) is 23.3 Å². The van der Waals surface area contributed by atoms with Gasteiger partial charge in [-0.05, 0) is 57.2 Å². The number of benzene rings is 1. The van der Waals surface area contributed by atoms with Crippen LogP contribution in [-0.2, 0) is 4.74 Å². The Morgan fingerprint density at radius 3 is 2.64 bits per heavy atom. The number of aliphatic hydroxyl groups is 1. The molecule has 1 fully saturated rings. The summed E-state index contributed by atoms with van der Waals surface area (Å²) in [6, 6.07) is 12.0. The minimum absolute atomic E-state index is 0.0496. The Morgan fingerprint density at radius 2 is 1.97 bits per heavy atom. The van der Waals surface area contributed by atoms with Crippen LogP contribution in [-0.4, -0.2) is 63.6 Å². The fourth-order valence-corrected chi connectivity index (χ4v) is 3.91. The molecule has 0 saturated carbocycles. The number of hydrogen-bond acceptors (Lipinski definition) is 6. The number of aliphatic hydroxyl groups excluding tert-OH is 1. The Morgan fingerprint density at radius 1 is 1.18 bits per heavy atom. The largest absolute Gasteiger partial charge is 0.489 e. The third-order valence-corrected chi connectivity index (χ3v) is 5.50. The van der Waals surface area contributed by atoms with E-state index in [4.69, 9.17) is 14.6 Å². The van der Waals surface area contributed by atoms with Crippen molar-refractivity contribution in [1.29, 1.82) is 0 Å². The number of nitrogens with zero attached hydrogens (tertiary/aromatic N) is 3. The third-order valence-electron chi connectivity index (χ3n) is 5.50. The highest BCUT2D eigenvalue weighted by atomic mass is 16.6. The van der Waals surface area contributed by atoms with E-state index in [-0.39, 0.29) is 18.8 Å². The molecule has 0 unspecified atom stereocenters. The van der Waals surface area contributed by atoms with E-state index in [9.17, 15) is 4.79 Å². The lowest BCUT2D eigenvalue weighted by molar-refractivity contribution is 0.0126. The van der Waals surface area contributed by atoms with Crippen LogP contribution in [0.1, 0.15) is 33.6 Å². The lowest BCUT2D eigenvalue weighted by atomic mass is 10.1. The summed E-state index contributed by atoms with van der Waals surface area (Å²) in [6.07, 6.45) is 5.05. The number of nitrogens with one attached hydrogen (secondary N) is 1. The second-order valence-electron chi connectivity index (χ2n) is 9.25. The van der Waals surface area contributed by atoms with Crippen LogP contribution in [0.5, 0.6) is 5.75 Å². The fraction of sp³-hybridized carbons (Fsp3) is 0.440. The molecule has 1 aromatic carbocycles. The number of likely N-dealkylation sites (tertiary alicyclic amines) is 1. The van der Waals surface area contributed by atoms with Gasteiger partial charge in [0.25, 0.3) is 0 Å². The molecule has 0 bridgehead atoms. The number of carbonyl (C=O) groups excluding carboxylic acids is 1. The van der Waals surface area contributed by atoms with E-state index >= 15 is 0 Å². The molecule has 1 saturated heterocycles. The van der Waals surface area contributed by atoms with Crippen molar-refractivity contribution in [3.8, 4) is 11.6 Å². The number of amides is 1. The summed E-state index contributed by atoms with van der Waals surface area (Å²) in [4.78, 5) is 18.6. The van der Waals surface area contributed by atoms with Gasteiger partial charge in [0.05, 0.1) is 18.3 Å². The molecule has 3 heterocycles. The molecule has 33 heavy (non-hydrogen) atoms. The van der Waals surface area contributed by atoms with E-state index in [1.165, 1.54) is 0 Å². The lowest BCUT2D eigenvalue weighted by Crippen LogP contribution is -2.44. The predicted molar refractivity (Wildman–Crippen MR) is 128 cm³/mol. The highest BCUT2D eigenvalue weighted by molar-refractivity contribution is 5.85. The van der Waals surface area contributed by atoms with E-state index < -0.39 is 5.60 Å². The molecule has 0 atom stereocenters. The minimum atomic E-state index is -0.484. The zero-order chi connectivity index (χ0) is 23.4. The average Bonchev–Trinajstić information content (AvgIpc) is 3.21. The molecule has 8 heteroatoms. The second-order valence-corrected chi connectivity index (χ2v) is 9.25. The first-order chi connectivity index (χ1) is 15.8. The number of rotatable bonds is 6. The summed E-state index contributed by atoms with van der Waals surface area (Å²) in [5.74, 6) is 1.54. The minimum Gasteiger partial charge on any atom is -0.489 e. The first-order valence-electron chi connectivity index (χ1n) is 11.4. The van der Waals surface area contributed by atoms with Crippen molar-refractivity contribution in [3.63, 3.8) is 0 Å². The number of pyridine rings is 1. The van der Waals surface area contributed by atoms with Crippen molar-refractivity contribution >= 4 is 22.7 Å². The number of aromatic nitrogens is 2. The summed E-state index contributed by atoms with van der Waals surface area (Å²) in [7, 11) is 0. The van der Waals surface area contributed by atoms with Gasteiger partial charge in [-0.1, -0.05) is 0 Å². The van der Waals surface area contributed by atoms with Crippen molar-refractivity contribution in [2.45, 2.75) is 45.3 Å². The third kappa shape index (κ3) is 5.76. The molecule has 1 amide bonds. The zero-order valence-electron chi connectivity index (χ0n) is 19.5. The molecule has 4 rings (SSSR count). The van der Waals surface area contributed by atoms with Crippen LogP contribution in [0.2, 0.25) is 0 Å². The smallest absolute Gasteiger partial charge is 0.410 e.